The van der Waals surface area contributed by atoms with Crippen molar-refractivity contribution in [2.24, 2.45) is 0 Å². The van der Waals surface area contributed by atoms with E-state index in [0.717, 1.165) is 11.1 Å². The highest BCUT2D eigenvalue weighted by atomic mass is 16.6. The Morgan fingerprint density at radius 3 is 2.67 bits per heavy atom. The minimum atomic E-state index is -0.511. The molecule has 0 aliphatic rings. The first-order chi connectivity index (χ1) is 11.5. The normalized spacial score (nSPS) is 10.8. The number of methoxy groups -OCH3 is 2. The Balaban J connectivity index is 2.44. The van der Waals surface area contributed by atoms with Crippen molar-refractivity contribution in [3.8, 4) is 11.5 Å². The molecule has 2 rings (SSSR count). The lowest BCUT2D eigenvalue weighted by molar-refractivity contribution is -0.386. The van der Waals surface area contributed by atoms with Gasteiger partial charge in [0.25, 0.3) is 0 Å². The first kappa shape index (κ1) is 17.3. The second-order valence-electron chi connectivity index (χ2n) is 4.98. The predicted octanol–water partition coefficient (Wildman–Crippen LogP) is 3.81. The summed E-state index contributed by atoms with van der Waals surface area (Å²) in [7, 11) is 3.12. The molecule has 2 aromatic rings. The fraction of sp³-hybridized carbons (Fsp3) is 0.235. The highest BCUT2D eigenvalue weighted by Crippen LogP contribution is 2.34. The second kappa shape index (κ2) is 7.45. The molecule has 0 radical (unpaired) electrons. The number of hydrogen-bond donors (Lipinski definition) is 0. The van der Waals surface area contributed by atoms with Crippen LogP contribution in [-0.4, -0.2) is 24.3 Å². The highest BCUT2D eigenvalue weighted by molar-refractivity contribution is 5.73. The highest BCUT2D eigenvalue weighted by Gasteiger charge is 2.22. The Bertz CT molecular complexity index is 793. The van der Waals surface area contributed by atoms with E-state index in [1.807, 2.05) is 6.07 Å². The molecule has 1 aromatic carbocycles. The van der Waals surface area contributed by atoms with Crippen LogP contribution in [0.5, 0.6) is 11.5 Å². The van der Waals surface area contributed by atoms with Gasteiger partial charge in [-0.3, -0.25) is 10.1 Å². The third-order valence-electron chi connectivity index (χ3n) is 3.41. The van der Waals surface area contributed by atoms with Gasteiger partial charge in [-0.05, 0) is 37.1 Å². The fourth-order valence-electron chi connectivity index (χ4n) is 2.36. The zero-order valence-corrected chi connectivity index (χ0v) is 13.7. The molecule has 7 heteroatoms. The van der Waals surface area contributed by atoms with Gasteiger partial charge in [0.1, 0.15) is 0 Å². The van der Waals surface area contributed by atoms with Crippen LogP contribution < -0.4 is 9.47 Å². The van der Waals surface area contributed by atoms with Crippen LogP contribution in [0.3, 0.4) is 0 Å². The fourth-order valence-corrected chi connectivity index (χ4v) is 2.36. The van der Waals surface area contributed by atoms with Gasteiger partial charge in [-0.2, -0.15) is 0 Å². The average molecular weight is 330 g/mol. The Kier molecular flexibility index (Phi) is 5.36. The zero-order valence-electron chi connectivity index (χ0n) is 13.7. The van der Waals surface area contributed by atoms with Crippen LogP contribution in [0.2, 0.25) is 0 Å². The van der Waals surface area contributed by atoms with Gasteiger partial charge in [0.15, 0.2) is 17.2 Å². The third kappa shape index (κ3) is 3.45. The van der Waals surface area contributed by atoms with E-state index in [0.29, 0.717) is 17.9 Å². The monoisotopic (exact) mass is 330 g/mol. The van der Waals surface area contributed by atoms with Gasteiger partial charge in [-0.15, -0.1) is 6.58 Å². The number of ether oxygens (including phenoxy) is 2. The average Bonchev–Trinajstić information content (AvgIpc) is 2.93. The molecule has 1 heterocycles. The van der Waals surface area contributed by atoms with Gasteiger partial charge >= 0.3 is 5.69 Å². The molecule has 7 nitrogen and oxygen atoms in total. The quantitative estimate of drug-likeness (QED) is 0.436. The molecule has 0 aliphatic heterocycles. The number of nitrogens with zero attached hydrogens (tertiary/aromatic N) is 2. The largest absolute Gasteiger partial charge is 0.493 e. The van der Waals surface area contributed by atoms with E-state index in [4.69, 9.17) is 14.0 Å². The number of allylic oxidation sites excluding steroid dienone is 1. The van der Waals surface area contributed by atoms with E-state index in [2.05, 4.69) is 11.7 Å². The van der Waals surface area contributed by atoms with Crippen molar-refractivity contribution < 1.29 is 18.9 Å². The van der Waals surface area contributed by atoms with E-state index in [1.165, 1.54) is 13.0 Å². The van der Waals surface area contributed by atoms with Crippen LogP contribution in [0.1, 0.15) is 22.6 Å². The van der Waals surface area contributed by atoms with Crippen molar-refractivity contribution >= 4 is 17.8 Å². The SMILES string of the molecule is C=CCc1cc(/C=C/c2onc(C)c2[N+](=O)[O-])cc(OC)c1OC. The first-order valence-corrected chi connectivity index (χ1v) is 7.16. The lowest BCUT2D eigenvalue weighted by Crippen LogP contribution is -1.96. The predicted molar refractivity (Wildman–Crippen MR) is 90.3 cm³/mol. The number of nitro groups is 1. The number of hydrogen-bond acceptors (Lipinski definition) is 6. The summed E-state index contributed by atoms with van der Waals surface area (Å²) in [5.74, 6) is 1.30. The second-order valence-corrected chi connectivity index (χ2v) is 4.98. The molecule has 0 aliphatic carbocycles. The molecule has 0 spiro atoms. The number of aromatic nitrogens is 1. The molecule has 0 saturated heterocycles. The van der Waals surface area contributed by atoms with Crippen molar-refractivity contribution in [2.45, 2.75) is 13.3 Å². The Hall–Kier alpha value is -3.09. The summed E-state index contributed by atoms with van der Waals surface area (Å²) in [5.41, 5.74) is 1.78. The van der Waals surface area contributed by atoms with E-state index in [9.17, 15) is 10.1 Å². The molecule has 24 heavy (non-hydrogen) atoms. The van der Waals surface area contributed by atoms with Crippen molar-refractivity contribution in [3.05, 3.63) is 57.5 Å². The van der Waals surface area contributed by atoms with Gasteiger partial charge in [0.05, 0.1) is 19.1 Å². The molecular formula is C17H18N2O5. The van der Waals surface area contributed by atoms with Crippen LogP contribution in [0, 0.1) is 17.0 Å². The maximum absolute atomic E-state index is 11.1. The molecule has 0 N–H and O–H groups in total. The summed E-state index contributed by atoms with van der Waals surface area (Å²) in [5, 5.41) is 14.7. The van der Waals surface area contributed by atoms with Crippen molar-refractivity contribution in [2.75, 3.05) is 14.2 Å². The van der Waals surface area contributed by atoms with Crippen molar-refractivity contribution in [1.82, 2.24) is 5.16 Å². The van der Waals surface area contributed by atoms with Crippen LogP contribution in [-0.2, 0) is 6.42 Å². The number of benzene rings is 1. The molecule has 0 bridgehead atoms. The van der Waals surface area contributed by atoms with Crippen LogP contribution >= 0.6 is 0 Å². The van der Waals surface area contributed by atoms with Gasteiger partial charge in [0.2, 0.25) is 5.76 Å². The minimum absolute atomic E-state index is 0.0950. The summed E-state index contributed by atoms with van der Waals surface area (Å²) >= 11 is 0. The molecular weight excluding hydrogens is 312 g/mol. The summed E-state index contributed by atoms with van der Waals surface area (Å²) in [6, 6.07) is 3.67. The summed E-state index contributed by atoms with van der Waals surface area (Å²) < 4.78 is 15.7. The molecule has 126 valence electrons. The number of aryl methyl sites for hydroxylation is 1. The summed E-state index contributed by atoms with van der Waals surface area (Å²) in [4.78, 5) is 10.6. The molecule has 0 unspecified atom stereocenters. The standard InChI is InChI=1S/C17H18N2O5/c1-5-6-13-9-12(10-15(22-3)17(13)23-4)7-8-14-16(19(20)21)11(2)18-24-14/h5,7-10H,1,6H2,2-4H3/b8-7+. The van der Waals surface area contributed by atoms with Crippen LogP contribution in [0.15, 0.2) is 29.3 Å². The van der Waals surface area contributed by atoms with E-state index in [1.54, 1.807) is 32.4 Å². The van der Waals surface area contributed by atoms with E-state index < -0.39 is 4.92 Å². The minimum Gasteiger partial charge on any atom is -0.493 e. The topological polar surface area (TPSA) is 87.6 Å². The van der Waals surface area contributed by atoms with Gasteiger partial charge < -0.3 is 14.0 Å². The van der Waals surface area contributed by atoms with Crippen LogP contribution in [0.25, 0.3) is 12.2 Å². The molecule has 0 fully saturated rings. The molecule has 1 aromatic heterocycles. The lowest BCUT2D eigenvalue weighted by Gasteiger charge is -2.13. The van der Waals surface area contributed by atoms with E-state index >= 15 is 0 Å². The number of rotatable bonds is 7. The van der Waals surface area contributed by atoms with Gasteiger partial charge in [-0.1, -0.05) is 17.3 Å². The molecule has 0 atom stereocenters. The lowest BCUT2D eigenvalue weighted by atomic mass is 10.0. The maximum Gasteiger partial charge on any atom is 0.338 e. The van der Waals surface area contributed by atoms with Crippen molar-refractivity contribution in [3.63, 3.8) is 0 Å². The smallest absolute Gasteiger partial charge is 0.338 e. The Morgan fingerprint density at radius 1 is 1.33 bits per heavy atom. The summed E-state index contributed by atoms with van der Waals surface area (Å²) in [6.45, 7) is 5.26. The third-order valence-corrected chi connectivity index (χ3v) is 3.41. The van der Waals surface area contributed by atoms with Crippen molar-refractivity contribution in [1.29, 1.82) is 0 Å². The molecule has 0 amide bonds. The Morgan fingerprint density at radius 2 is 2.08 bits per heavy atom. The zero-order chi connectivity index (χ0) is 17.7. The summed E-state index contributed by atoms with van der Waals surface area (Å²) in [6.07, 6.45) is 5.57. The van der Waals surface area contributed by atoms with Gasteiger partial charge in [0, 0.05) is 5.56 Å². The first-order valence-electron chi connectivity index (χ1n) is 7.16. The van der Waals surface area contributed by atoms with E-state index in [-0.39, 0.29) is 17.1 Å². The maximum atomic E-state index is 11.1. The Labute approximate surface area is 139 Å². The van der Waals surface area contributed by atoms with Gasteiger partial charge in [-0.25, -0.2) is 0 Å². The molecule has 0 saturated carbocycles. The van der Waals surface area contributed by atoms with Crippen LogP contribution in [0.4, 0.5) is 5.69 Å².